The molecule has 0 spiro atoms. The molecule has 2 aliphatic rings. The van der Waals surface area contributed by atoms with Gasteiger partial charge in [0.05, 0.1) is 22.9 Å². The number of nitrogens with zero attached hydrogens (tertiary/aromatic N) is 2. The molecule has 2 N–H and O–H groups in total. The quantitative estimate of drug-likeness (QED) is 0.682. The highest BCUT2D eigenvalue weighted by molar-refractivity contribution is 7.90. The van der Waals surface area contributed by atoms with Crippen molar-refractivity contribution in [3.05, 3.63) is 41.3 Å². The lowest BCUT2D eigenvalue weighted by atomic mass is 9.70. The molecular formula is C22H27FN4O4S. The van der Waals surface area contributed by atoms with Crippen molar-refractivity contribution in [1.82, 2.24) is 15.1 Å². The zero-order valence-corrected chi connectivity index (χ0v) is 19.1. The molecular weight excluding hydrogens is 435 g/mol. The van der Waals surface area contributed by atoms with E-state index < -0.39 is 27.5 Å². The number of anilines is 1. The topological polar surface area (TPSA) is 110 Å². The van der Waals surface area contributed by atoms with E-state index >= 15 is 0 Å². The van der Waals surface area contributed by atoms with E-state index in [0.29, 0.717) is 22.9 Å². The van der Waals surface area contributed by atoms with Crippen LogP contribution in [0.15, 0.2) is 24.3 Å². The van der Waals surface area contributed by atoms with Gasteiger partial charge in [0.25, 0.3) is 0 Å². The lowest BCUT2D eigenvalue weighted by Crippen LogP contribution is -2.46. The minimum Gasteiger partial charge on any atom is -0.345 e. The highest BCUT2D eigenvalue weighted by atomic mass is 32.2. The maximum atomic E-state index is 13.4. The van der Waals surface area contributed by atoms with Gasteiger partial charge in [0.15, 0.2) is 9.84 Å². The molecule has 8 nitrogen and oxygen atoms in total. The molecule has 2 aromatic rings. The van der Waals surface area contributed by atoms with Crippen molar-refractivity contribution >= 4 is 27.5 Å². The van der Waals surface area contributed by atoms with E-state index in [1.54, 1.807) is 0 Å². The van der Waals surface area contributed by atoms with Crippen LogP contribution >= 0.6 is 0 Å². The molecule has 1 aliphatic heterocycles. The van der Waals surface area contributed by atoms with E-state index in [1.165, 1.54) is 28.9 Å². The Kier molecular flexibility index (Phi) is 5.60. The Morgan fingerprint density at radius 3 is 2.47 bits per heavy atom. The first-order valence-corrected chi connectivity index (χ1v) is 12.4. The molecule has 32 heavy (non-hydrogen) atoms. The first-order valence-electron chi connectivity index (χ1n) is 10.6. The van der Waals surface area contributed by atoms with E-state index in [4.69, 9.17) is 0 Å². The maximum Gasteiger partial charge on any atom is 0.314 e. The average Bonchev–Trinajstić information content (AvgIpc) is 3.13. The first kappa shape index (κ1) is 22.4. The number of aromatic nitrogens is 2. The summed E-state index contributed by atoms with van der Waals surface area (Å²) in [4.78, 5) is 25.4. The summed E-state index contributed by atoms with van der Waals surface area (Å²) in [7, 11) is -3.38. The number of carbonyl (C=O) groups excluding carboxylic acids is 2. The number of hydrogen-bond acceptors (Lipinski definition) is 5. The molecule has 1 aliphatic carbocycles. The normalized spacial score (nSPS) is 23.4. The highest BCUT2D eigenvalue weighted by Gasteiger charge is 2.36. The number of halogens is 1. The standard InChI is InChI=1S/C22H27FN4O4S/c1-13-8-15(10-22(2,3)9-13)24-20(28)21(29)25-19-17-11-32(30,31)12-18(17)26-27(19)16-6-4-14(23)5-7-16/h4-7,13,15H,8-12H2,1-3H3,(H,24,28)(H,25,29). The van der Waals surface area contributed by atoms with Crippen molar-refractivity contribution in [2.75, 3.05) is 5.32 Å². The molecule has 172 valence electrons. The lowest BCUT2D eigenvalue weighted by molar-refractivity contribution is -0.137. The molecule has 2 unspecified atom stereocenters. The molecule has 0 saturated heterocycles. The van der Waals surface area contributed by atoms with Gasteiger partial charge in [-0.05, 0) is 54.9 Å². The van der Waals surface area contributed by atoms with Crippen LogP contribution in [0, 0.1) is 17.2 Å². The Morgan fingerprint density at radius 2 is 1.81 bits per heavy atom. The molecule has 0 radical (unpaired) electrons. The lowest BCUT2D eigenvalue weighted by Gasteiger charge is -2.39. The molecule has 10 heteroatoms. The molecule has 2 amide bonds. The highest BCUT2D eigenvalue weighted by Crippen LogP contribution is 2.38. The van der Waals surface area contributed by atoms with Crippen LogP contribution in [0.2, 0.25) is 0 Å². The molecule has 1 aromatic carbocycles. The maximum absolute atomic E-state index is 13.4. The SMILES string of the molecule is CC1CC(NC(=O)C(=O)Nc2c3c(nn2-c2ccc(F)cc2)CS(=O)(=O)C3)CC(C)(C)C1. The van der Waals surface area contributed by atoms with E-state index in [-0.39, 0.29) is 28.8 Å². The van der Waals surface area contributed by atoms with Gasteiger partial charge in [0.2, 0.25) is 0 Å². The Bertz CT molecular complexity index is 1170. The monoisotopic (exact) mass is 462 g/mol. The van der Waals surface area contributed by atoms with Crippen molar-refractivity contribution in [1.29, 1.82) is 0 Å². The molecule has 4 rings (SSSR count). The minimum atomic E-state index is -3.38. The summed E-state index contributed by atoms with van der Waals surface area (Å²) < 4.78 is 38.9. The summed E-state index contributed by atoms with van der Waals surface area (Å²) in [5.41, 5.74) is 1.18. The van der Waals surface area contributed by atoms with Gasteiger partial charge in [-0.1, -0.05) is 20.8 Å². The smallest absolute Gasteiger partial charge is 0.314 e. The Morgan fingerprint density at radius 1 is 1.12 bits per heavy atom. The first-order chi connectivity index (χ1) is 14.9. The number of fused-ring (bicyclic) bond motifs is 1. The number of sulfone groups is 1. The van der Waals surface area contributed by atoms with Crippen molar-refractivity contribution in [3.8, 4) is 5.69 Å². The molecule has 0 bridgehead atoms. The van der Waals surface area contributed by atoms with Gasteiger partial charge in [-0.25, -0.2) is 17.5 Å². The second-order valence-corrected chi connectivity index (χ2v) is 11.8. The van der Waals surface area contributed by atoms with Crippen LogP contribution < -0.4 is 10.6 Å². The van der Waals surface area contributed by atoms with Gasteiger partial charge < -0.3 is 10.6 Å². The zero-order valence-electron chi connectivity index (χ0n) is 18.3. The van der Waals surface area contributed by atoms with E-state index in [2.05, 4.69) is 36.5 Å². The van der Waals surface area contributed by atoms with Gasteiger partial charge in [-0.2, -0.15) is 5.10 Å². The number of amides is 2. The molecule has 1 saturated carbocycles. The number of hydrogen-bond donors (Lipinski definition) is 2. The van der Waals surface area contributed by atoms with Crippen molar-refractivity contribution < 1.29 is 22.4 Å². The number of carbonyl (C=O) groups is 2. The van der Waals surface area contributed by atoms with Crippen LogP contribution in [0.5, 0.6) is 0 Å². The largest absolute Gasteiger partial charge is 0.345 e. The van der Waals surface area contributed by atoms with Crippen molar-refractivity contribution in [2.24, 2.45) is 11.3 Å². The van der Waals surface area contributed by atoms with Crippen LogP contribution in [0.1, 0.15) is 51.3 Å². The summed E-state index contributed by atoms with van der Waals surface area (Å²) in [5.74, 6) is -2.09. The number of benzene rings is 1. The van der Waals surface area contributed by atoms with Gasteiger partial charge in [-0.15, -0.1) is 0 Å². The van der Waals surface area contributed by atoms with Crippen molar-refractivity contribution in [2.45, 2.75) is 57.6 Å². The zero-order chi connectivity index (χ0) is 23.3. The van der Waals surface area contributed by atoms with Gasteiger partial charge in [0, 0.05) is 11.6 Å². The summed E-state index contributed by atoms with van der Waals surface area (Å²) in [6.07, 6.45) is 2.63. The summed E-state index contributed by atoms with van der Waals surface area (Å²) in [5, 5.41) is 9.69. The van der Waals surface area contributed by atoms with Crippen LogP contribution in [-0.2, 0) is 30.9 Å². The van der Waals surface area contributed by atoms with Crippen LogP contribution in [0.4, 0.5) is 10.2 Å². The van der Waals surface area contributed by atoms with Crippen molar-refractivity contribution in [3.63, 3.8) is 0 Å². The van der Waals surface area contributed by atoms with Gasteiger partial charge in [0.1, 0.15) is 11.6 Å². The fourth-order valence-corrected chi connectivity index (χ4v) is 6.51. The third-order valence-corrected chi connectivity index (χ3v) is 7.46. The second-order valence-electron chi connectivity index (χ2n) is 9.73. The van der Waals surface area contributed by atoms with Crippen LogP contribution in [-0.4, -0.2) is 36.1 Å². The summed E-state index contributed by atoms with van der Waals surface area (Å²) in [6, 6.07) is 5.30. The fraction of sp³-hybridized carbons (Fsp3) is 0.500. The van der Waals surface area contributed by atoms with E-state index in [9.17, 15) is 22.4 Å². The summed E-state index contributed by atoms with van der Waals surface area (Å²) in [6.45, 7) is 6.42. The number of nitrogens with one attached hydrogen (secondary N) is 2. The average molecular weight is 463 g/mol. The predicted molar refractivity (Wildman–Crippen MR) is 117 cm³/mol. The molecule has 1 aromatic heterocycles. The third-order valence-electron chi connectivity index (χ3n) is 6.02. The third kappa shape index (κ3) is 4.69. The van der Waals surface area contributed by atoms with Crippen LogP contribution in [0.3, 0.4) is 0 Å². The Labute approximate surface area is 186 Å². The van der Waals surface area contributed by atoms with Gasteiger partial charge >= 0.3 is 11.8 Å². The summed E-state index contributed by atoms with van der Waals surface area (Å²) >= 11 is 0. The van der Waals surface area contributed by atoms with E-state index in [1.807, 2.05) is 0 Å². The molecule has 2 heterocycles. The predicted octanol–water partition coefficient (Wildman–Crippen LogP) is 2.71. The van der Waals surface area contributed by atoms with Crippen LogP contribution in [0.25, 0.3) is 5.69 Å². The minimum absolute atomic E-state index is 0.0719. The molecule has 2 atom stereocenters. The second kappa shape index (κ2) is 7.99. The van der Waals surface area contributed by atoms with E-state index in [0.717, 1.165) is 19.3 Å². The number of rotatable bonds is 3. The Hall–Kier alpha value is -2.75. The van der Waals surface area contributed by atoms with Gasteiger partial charge in [-0.3, -0.25) is 9.59 Å². The Balaban J connectivity index is 1.57. The molecule has 1 fully saturated rings. The fourth-order valence-electron chi connectivity index (χ4n) is 5.01.